The Labute approximate surface area is 162 Å². The van der Waals surface area contributed by atoms with Gasteiger partial charge in [-0.3, -0.25) is 4.99 Å². The highest BCUT2D eigenvalue weighted by Crippen LogP contribution is 2.28. The van der Waals surface area contributed by atoms with Crippen LogP contribution in [0.3, 0.4) is 0 Å². The fourth-order valence-electron chi connectivity index (χ4n) is 3.46. The standard InChI is InChI=1S/C18H29N5.HI/c1-18(2)8-11-23(14-18)17(19-3)21-13-15-6-7-16(20-12-15)22-9-4-5-10-22;/h6-7,12H,4-5,8-11,13-14H2,1-3H3,(H,19,21);1H. The van der Waals surface area contributed by atoms with Crippen LogP contribution in [0.5, 0.6) is 0 Å². The molecule has 134 valence electrons. The first-order valence-corrected chi connectivity index (χ1v) is 8.73. The number of nitrogens with one attached hydrogen (secondary N) is 1. The summed E-state index contributed by atoms with van der Waals surface area (Å²) in [4.78, 5) is 13.8. The third-order valence-electron chi connectivity index (χ3n) is 4.88. The molecule has 0 spiro atoms. The molecular weight excluding hydrogens is 413 g/mol. The molecule has 0 aromatic carbocycles. The second-order valence-electron chi connectivity index (χ2n) is 7.46. The highest BCUT2D eigenvalue weighted by atomic mass is 127. The molecule has 0 amide bonds. The predicted octanol–water partition coefficient (Wildman–Crippen LogP) is 3.11. The van der Waals surface area contributed by atoms with Crippen LogP contribution in [0, 0.1) is 5.41 Å². The van der Waals surface area contributed by atoms with E-state index in [0.29, 0.717) is 5.41 Å². The molecule has 0 atom stereocenters. The SMILES string of the molecule is CN=C(NCc1ccc(N2CCCC2)nc1)N1CCC(C)(C)C1.I. The maximum atomic E-state index is 4.62. The number of hydrogen-bond donors (Lipinski definition) is 1. The van der Waals surface area contributed by atoms with Crippen LogP contribution in [0.25, 0.3) is 0 Å². The Kier molecular flexibility index (Phi) is 6.71. The van der Waals surface area contributed by atoms with Crippen molar-refractivity contribution in [3.63, 3.8) is 0 Å². The van der Waals surface area contributed by atoms with Gasteiger partial charge >= 0.3 is 0 Å². The van der Waals surface area contributed by atoms with Gasteiger partial charge in [0, 0.05) is 46.0 Å². The van der Waals surface area contributed by atoms with E-state index in [2.05, 4.69) is 51.1 Å². The Morgan fingerprint density at radius 1 is 1.25 bits per heavy atom. The van der Waals surface area contributed by atoms with E-state index in [-0.39, 0.29) is 24.0 Å². The number of pyridine rings is 1. The summed E-state index contributed by atoms with van der Waals surface area (Å²) < 4.78 is 0. The van der Waals surface area contributed by atoms with Crippen molar-refractivity contribution in [3.05, 3.63) is 23.9 Å². The van der Waals surface area contributed by atoms with Crippen LogP contribution in [-0.4, -0.2) is 49.1 Å². The number of nitrogens with zero attached hydrogens (tertiary/aromatic N) is 4. The van der Waals surface area contributed by atoms with Crippen LogP contribution in [0.15, 0.2) is 23.3 Å². The predicted molar refractivity (Wildman–Crippen MR) is 111 cm³/mol. The maximum absolute atomic E-state index is 4.62. The van der Waals surface area contributed by atoms with Gasteiger partial charge in [0.25, 0.3) is 0 Å². The molecule has 5 nitrogen and oxygen atoms in total. The zero-order valence-corrected chi connectivity index (χ0v) is 17.4. The number of likely N-dealkylation sites (tertiary alicyclic amines) is 1. The highest BCUT2D eigenvalue weighted by Gasteiger charge is 2.30. The number of anilines is 1. The average Bonchev–Trinajstić information content (AvgIpc) is 3.18. The van der Waals surface area contributed by atoms with Gasteiger partial charge in [0.1, 0.15) is 5.82 Å². The van der Waals surface area contributed by atoms with Crippen molar-refractivity contribution in [2.75, 3.05) is 38.1 Å². The van der Waals surface area contributed by atoms with E-state index in [9.17, 15) is 0 Å². The molecule has 1 aromatic rings. The molecular formula is C18H30IN5. The minimum absolute atomic E-state index is 0. The summed E-state index contributed by atoms with van der Waals surface area (Å²) in [7, 11) is 1.86. The minimum Gasteiger partial charge on any atom is -0.357 e. The molecule has 1 aromatic heterocycles. The first-order valence-electron chi connectivity index (χ1n) is 8.73. The van der Waals surface area contributed by atoms with Gasteiger partial charge in [-0.1, -0.05) is 19.9 Å². The number of hydrogen-bond acceptors (Lipinski definition) is 3. The smallest absolute Gasteiger partial charge is 0.193 e. The molecule has 3 heterocycles. The van der Waals surface area contributed by atoms with Crippen LogP contribution >= 0.6 is 24.0 Å². The Hall–Kier alpha value is -1.05. The Balaban J connectivity index is 0.00000208. The molecule has 0 radical (unpaired) electrons. The molecule has 24 heavy (non-hydrogen) atoms. The molecule has 3 rings (SSSR count). The summed E-state index contributed by atoms with van der Waals surface area (Å²) in [6.07, 6.45) is 5.78. The van der Waals surface area contributed by atoms with Crippen LogP contribution in [0.4, 0.5) is 5.82 Å². The average molecular weight is 443 g/mol. The summed E-state index contributed by atoms with van der Waals surface area (Å²) >= 11 is 0. The van der Waals surface area contributed by atoms with Gasteiger partial charge in [-0.15, -0.1) is 24.0 Å². The van der Waals surface area contributed by atoms with Crippen LogP contribution in [-0.2, 0) is 6.54 Å². The van der Waals surface area contributed by atoms with Crippen molar-refractivity contribution >= 4 is 35.8 Å². The third-order valence-corrected chi connectivity index (χ3v) is 4.88. The summed E-state index contributed by atoms with van der Waals surface area (Å²) in [6.45, 7) is 9.85. The lowest BCUT2D eigenvalue weighted by molar-refractivity contribution is 0.370. The van der Waals surface area contributed by atoms with Gasteiger partial charge in [0.2, 0.25) is 0 Å². The first kappa shape index (κ1) is 19.3. The van der Waals surface area contributed by atoms with Crippen molar-refractivity contribution < 1.29 is 0 Å². The summed E-state index contributed by atoms with van der Waals surface area (Å²) in [5, 5.41) is 3.48. The van der Waals surface area contributed by atoms with E-state index in [1.807, 2.05) is 13.2 Å². The summed E-state index contributed by atoms with van der Waals surface area (Å²) in [6, 6.07) is 4.32. The van der Waals surface area contributed by atoms with Gasteiger partial charge in [-0.2, -0.15) is 0 Å². The van der Waals surface area contributed by atoms with E-state index < -0.39 is 0 Å². The number of aromatic nitrogens is 1. The largest absolute Gasteiger partial charge is 0.357 e. The van der Waals surface area contributed by atoms with Gasteiger partial charge in [-0.25, -0.2) is 4.98 Å². The van der Waals surface area contributed by atoms with E-state index in [4.69, 9.17) is 0 Å². The van der Waals surface area contributed by atoms with Crippen molar-refractivity contribution in [1.82, 2.24) is 15.2 Å². The molecule has 2 fully saturated rings. The Bertz CT molecular complexity index is 549. The number of rotatable bonds is 3. The lowest BCUT2D eigenvalue weighted by Crippen LogP contribution is -2.40. The summed E-state index contributed by atoms with van der Waals surface area (Å²) in [5.74, 6) is 2.11. The van der Waals surface area contributed by atoms with Gasteiger partial charge < -0.3 is 15.1 Å². The zero-order valence-electron chi connectivity index (χ0n) is 15.1. The fourth-order valence-corrected chi connectivity index (χ4v) is 3.46. The topological polar surface area (TPSA) is 43.8 Å². The number of aliphatic imine (C=N–C) groups is 1. The number of guanidine groups is 1. The molecule has 0 aliphatic carbocycles. The van der Waals surface area contributed by atoms with Crippen LogP contribution in [0.1, 0.15) is 38.7 Å². The van der Waals surface area contributed by atoms with Gasteiger partial charge in [0.15, 0.2) is 5.96 Å². The van der Waals surface area contributed by atoms with Gasteiger partial charge in [0.05, 0.1) is 0 Å². The lowest BCUT2D eigenvalue weighted by Gasteiger charge is -2.23. The second-order valence-corrected chi connectivity index (χ2v) is 7.46. The Morgan fingerprint density at radius 3 is 2.54 bits per heavy atom. The number of halogens is 1. The molecule has 1 N–H and O–H groups in total. The maximum Gasteiger partial charge on any atom is 0.193 e. The van der Waals surface area contributed by atoms with Gasteiger partial charge in [-0.05, 0) is 36.3 Å². The molecule has 2 saturated heterocycles. The summed E-state index contributed by atoms with van der Waals surface area (Å²) in [5.41, 5.74) is 1.59. The van der Waals surface area contributed by atoms with Crippen molar-refractivity contribution in [1.29, 1.82) is 0 Å². The molecule has 6 heteroatoms. The highest BCUT2D eigenvalue weighted by molar-refractivity contribution is 14.0. The molecule has 2 aliphatic heterocycles. The normalized spacial score (nSPS) is 20.2. The molecule has 0 unspecified atom stereocenters. The van der Waals surface area contributed by atoms with Crippen LogP contribution in [0.2, 0.25) is 0 Å². The van der Waals surface area contributed by atoms with Crippen molar-refractivity contribution in [3.8, 4) is 0 Å². The van der Waals surface area contributed by atoms with E-state index >= 15 is 0 Å². The monoisotopic (exact) mass is 443 g/mol. The molecule has 0 saturated carbocycles. The zero-order chi connectivity index (χ0) is 16.3. The Morgan fingerprint density at radius 2 is 2.00 bits per heavy atom. The van der Waals surface area contributed by atoms with E-state index in [1.54, 1.807) is 0 Å². The quantitative estimate of drug-likeness (QED) is 0.443. The van der Waals surface area contributed by atoms with E-state index in [0.717, 1.165) is 44.5 Å². The molecule has 0 bridgehead atoms. The third kappa shape index (κ3) is 4.74. The molecule has 2 aliphatic rings. The first-order chi connectivity index (χ1) is 11.1. The fraction of sp³-hybridized carbons (Fsp3) is 0.667. The van der Waals surface area contributed by atoms with Crippen LogP contribution < -0.4 is 10.2 Å². The van der Waals surface area contributed by atoms with E-state index in [1.165, 1.54) is 24.8 Å². The lowest BCUT2D eigenvalue weighted by atomic mass is 9.93. The minimum atomic E-state index is 0. The second kappa shape index (κ2) is 8.36. The van der Waals surface area contributed by atoms with Crippen molar-refractivity contribution in [2.45, 2.75) is 39.7 Å². The van der Waals surface area contributed by atoms with Crippen molar-refractivity contribution in [2.24, 2.45) is 10.4 Å².